The highest BCUT2D eigenvalue weighted by atomic mass is 32.1. The molecular formula is C22H17N3O2S. The summed E-state index contributed by atoms with van der Waals surface area (Å²) >= 11 is 1.34. The zero-order valence-electron chi connectivity index (χ0n) is 15.5. The fourth-order valence-corrected chi connectivity index (χ4v) is 4.23. The van der Waals surface area contributed by atoms with Crippen LogP contribution in [0.25, 0.3) is 33.6 Å². The highest BCUT2D eigenvalue weighted by molar-refractivity contribution is 7.15. The normalized spacial score (nSPS) is 12.4. The van der Waals surface area contributed by atoms with Crippen molar-refractivity contribution in [1.82, 2.24) is 14.6 Å². The second-order valence-corrected chi connectivity index (χ2v) is 7.70. The van der Waals surface area contributed by atoms with Crippen LogP contribution < -0.4 is 10.1 Å². The van der Waals surface area contributed by atoms with Gasteiger partial charge in [-0.15, -0.1) is 5.10 Å². The predicted octanol–water partition coefficient (Wildman–Crippen LogP) is 3.98. The van der Waals surface area contributed by atoms with E-state index < -0.39 is 0 Å². The van der Waals surface area contributed by atoms with Crippen LogP contribution in [0.15, 0.2) is 57.7 Å². The van der Waals surface area contributed by atoms with E-state index in [0.717, 1.165) is 28.5 Å². The smallest absolute Gasteiger partial charge is 0.291 e. The van der Waals surface area contributed by atoms with Crippen LogP contribution in [-0.4, -0.2) is 14.6 Å². The lowest BCUT2D eigenvalue weighted by Gasteiger charge is -1.96. The van der Waals surface area contributed by atoms with Gasteiger partial charge in [-0.1, -0.05) is 60.7 Å². The number of fused-ring (bicyclic) bond motifs is 2. The van der Waals surface area contributed by atoms with E-state index in [2.05, 4.69) is 29.1 Å². The molecular weight excluding hydrogens is 370 g/mol. The molecule has 5 nitrogen and oxygen atoms in total. The van der Waals surface area contributed by atoms with Crippen molar-refractivity contribution >= 4 is 33.3 Å². The first-order chi connectivity index (χ1) is 13.6. The van der Waals surface area contributed by atoms with Gasteiger partial charge in [-0.05, 0) is 36.6 Å². The van der Waals surface area contributed by atoms with Gasteiger partial charge in [0, 0.05) is 10.9 Å². The van der Waals surface area contributed by atoms with Gasteiger partial charge in [0.2, 0.25) is 10.8 Å². The van der Waals surface area contributed by atoms with E-state index in [4.69, 9.17) is 4.42 Å². The molecule has 0 saturated heterocycles. The molecule has 0 spiro atoms. The summed E-state index contributed by atoms with van der Waals surface area (Å²) in [7, 11) is 0. The van der Waals surface area contributed by atoms with Crippen molar-refractivity contribution in [2.45, 2.75) is 20.3 Å². The summed E-state index contributed by atoms with van der Waals surface area (Å²) in [5.74, 6) is 1.05. The van der Waals surface area contributed by atoms with E-state index in [1.165, 1.54) is 21.4 Å². The number of para-hydroxylation sites is 1. The van der Waals surface area contributed by atoms with Crippen molar-refractivity contribution in [3.05, 3.63) is 80.1 Å². The van der Waals surface area contributed by atoms with Crippen LogP contribution in [0, 0.1) is 6.92 Å². The molecule has 6 heteroatoms. The molecule has 0 saturated carbocycles. The summed E-state index contributed by atoms with van der Waals surface area (Å²) in [5, 5.41) is 5.45. The minimum Gasteiger partial charge on any atom is -0.452 e. The Morgan fingerprint density at radius 2 is 1.93 bits per heavy atom. The molecule has 28 heavy (non-hydrogen) atoms. The molecule has 0 fully saturated rings. The summed E-state index contributed by atoms with van der Waals surface area (Å²) in [6.07, 6.45) is 2.88. The van der Waals surface area contributed by atoms with Gasteiger partial charge in [-0.2, -0.15) is 9.50 Å². The maximum atomic E-state index is 12.8. The lowest BCUT2D eigenvalue weighted by molar-refractivity contribution is 0.622. The number of aromatic nitrogens is 3. The molecule has 5 rings (SSSR count). The van der Waals surface area contributed by atoms with Gasteiger partial charge in [-0.3, -0.25) is 4.79 Å². The van der Waals surface area contributed by atoms with Gasteiger partial charge >= 0.3 is 0 Å². The van der Waals surface area contributed by atoms with Gasteiger partial charge in [0.15, 0.2) is 5.76 Å². The van der Waals surface area contributed by atoms with Crippen LogP contribution in [0.2, 0.25) is 0 Å². The molecule has 3 heterocycles. The van der Waals surface area contributed by atoms with Crippen LogP contribution in [0.5, 0.6) is 0 Å². The Labute approximate surface area is 164 Å². The van der Waals surface area contributed by atoms with Crippen molar-refractivity contribution in [2.75, 3.05) is 0 Å². The van der Waals surface area contributed by atoms with Gasteiger partial charge < -0.3 is 4.42 Å². The van der Waals surface area contributed by atoms with E-state index in [0.29, 0.717) is 21.1 Å². The van der Waals surface area contributed by atoms with Gasteiger partial charge in [0.1, 0.15) is 5.58 Å². The van der Waals surface area contributed by atoms with Crippen LogP contribution in [0.1, 0.15) is 23.6 Å². The molecule has 5 aromatic rings. The Bertz CT molecular complexity index is 1420. The Hall–Kier alpha value is -3.25. The fourth-order valence-electron chi connectivity index (χ4n) is 3.32. The minimum atomic E-state index is -0.160. The number of hydrogen-bond donors (Lipinski definition) is 0. The quantitative estimate of drug-likeness (QED) is 0.470. The summed E-state index contributed by atoms with van der Waals surface area (Å²) in [4.78, 5) is 17.9. The largest absolute Gasteiger partial charge is 0.452 e. The van der Waals surface area contributed by atoms with E-state index >= 15 is 0 Å². The summed E-state index contributed by atoms with van der Waals surface area (Å²) in [6.45, 7) is 4.10. The van der Waals surface area contributed by atoms with Crippen LogP contribution in [-0.2, 0) is 6.42 Å². The maximum absolute atomic E-state index is 12.8. The van der Waals surface area contributed by atoms with Gasteiger partial charge in [-0.25, -0.2) is 0 Å². The zero-order chi connectivity index (χ0) is 19.3. The molecule has 3 aromatic heterocycles. The number of furan rings is 1. The summed E-state index contributed by atoms with van der Waals surface area (Å²) in [5.41, 5.74) is 3.87. The molecule has 0 radical (unpaired) electrons. The molecule has 0 atom stereocenters. The molecule has 0 aliphatic heterocycles. The Kier molecular flexibility index (Phi) is 3.87. The third kappa shape index (κ3) is 2.65. The standard InChI is InChI=1S/C22H17N3O2S/c1-3-14-8-10-15(11-9-14)12-18-21(26)25-22(28-18)23-20(24-25)19-13(2)16-6-4-5-7-17(16)27-19/h4-12H,3H2,1-2H3. The third-order valence-corrected chi connectivity index (χ3v) is 5.87. The Morgan fingerprint density at radius 3 is 2.64 bits per heavy atom. The predicted molar refractivity (Wildman–Crippen MR) is 112 cm³/mol. The van der Waals surface area contributed by atoms with E-state index in [1.54, 1.807) is 0 Å². The van der Waals surface area contributed by atoms with E-state index in [9.17, 15) is 4.79 Å². The van der Waals surface area contributed by atoms with Crippen molar-refractivity contribution in [2.24, 2.45) is 0 Å². The van der Waals surface area contributed by atoms with E-state index in [1.807, 2.05) is 49.4 Å². The topological polar surface area (TPSA) is 60.4 Å². The number of benzene rings is 2. The summed E-state index contributed by atoms with van der Waals surface area (Å²) in [6, 6.07) is 16.0. The molecule has 0 aliphatic carbocycles. The SMILES string of the molecule is CCc1ccc(C=c2sc3nc(-c4oc5ccccc5c4C)nn3c2=O)cc1. The lowest BCUT2D eigenvalue weighted by Crippen LogP contribution is -2.23. The van der Waals surface area contributed by atoms with Crippen molar-refractivity contribution in [3.63, 3.8) is 0 Å². The monoisotopic (exact) mass is 387 g/mol. The average Bonchev–Trinajstić information content (AvgIpc) is 3.36. The fraction of sp³-hybridized carbons (Fsp3) is 0.136. The highest BCUT2D eigenvalue weighted by Crippen LogP contribution is 2.31. The second-order valence-electron chi connectivity index (χ2n) is 6.69. The van der Waals surface area contributed by atoms with Gasteiger partial charge in [0.25, 0.3) is 5.56 Å². The molecule has 0 bridgehead atoms. The maximum Gasteiger partial charge on any atom is 0.291 e. The van der Waals surface area contributed by atoms with Crippen LogP contribution in [0.3, 0.4) is 0 Å². The summed E-state index contributed by atoms with van der Waals surface area (Å²) < 4.78 is 7.91. The number of thiazole rings is 1. The molecule has 0 N–H and O–H groups in total. The third-order valence-electron chi connectivity index (χ3n) is 4.91. The van der Waals surface area contributed by atoms with Crippen LogP contribution in [0.4, 0.5) is 0 Å². The lowest BCUT2D eigenvalue weighted by atomic mass is 10.1. The van der Waals surface area contributed by atoms with E-state index in [-0.39, 0.29) is 5.56 Å². The number of aryl methyl sites for hydroxylation is 2. The average molecular weight is 387 g/mol. The second kappa shape index (κ2) is 6.42. The number of rotatable bonds is 3. The van der Waals surface area contributed by atoms with Crippen molar-refractivity contribution in [3.8, 4) is 11.6 Å². The molecule has 2 aromatic carbocycles. The Balaban J connectivity index is 1.60. The first-order valence-electron chi connectivity index (χ1n) is 9.13. The molecule has 0 aliphatic rings. The van der Waals surface area contributed by atoms with Crippen LogP contribution >= 0.6 is 11.3 Å². The Morgan fingerprint density at radius 1 is 1.14 bits per heavy atom. The first-order valence-corrected chi connectivity index (χ1v) is 9.94. The van der Waals surface area contributed by atoms with Gasteiger partial charge in [0.05, 0.1) is 4.53 Å². The molecule has 0 unspecified atom stereocenters. The molecule has 0 amide bonds. The number of hydrogen-bond acceptors (Lipinski definition) is 5. The molecule has 138 valence electrons. The highest BCUT2D eigenvalue weighted by Gasteiger charge is 2.18. The first kappa shape index (κ1) is 16.9. The minimum absolute atomic E-state index is 0.160. The zero-order valence-corrected chi connectivity index (χ0v) is 16.3. The number of nitrogens with zero attached hydrogens (tertiary/aromatic N) is 3. The van der Waals surface area contributed by atoms with Crippen molar-refractivity contribution < 1.29 is 4.42 Å². The van der Waals surface area contributed by atoms with Crippen molar-refractivity contribution in [1.29, 1.82) is 0 Å².